The summed E-state index contributed by atoms with van der Waals surface area (Å²) in [7, 11) is 1.57. The predicted octanol–water partition coefficient (Wildman–Crippen LogP) is 2.09. The van der Waals surface area contributed by atoms with E-state index >= 15 is 0 Å². The maximum Gasteiger partial charge on any atom is 0.218 e. The first-order valence-electron chi connectivity index (χ1n) is 6.35. The molecule has 6 nitrogen and oxygen atoms in total. The van der Waals surface area contributed by atoms with Crippen molar-refractivity contribution in [1.29, 1.82) is 0 Å². The lowest BCUT2D eigenvalue weighted by Gasteiger charge is -2.12. The molecular weight excluding hydrogens is 256 g/mol. The third-order valence-corrected chi connectivity index (χ3v) is 2.70. The zero-order valence-corrected chi connectivity index (χ0v) is 11.6. The Labute approximate surface area is 118 Å². The first-order valence-corrected chi connectivity index (χ1v) is 6.35. The number of nitrogens with one attached hydrogen (secondary N) is 1. The molecule has 0 aliphatic heterocycles. The number of aromatic nitrogens is 2. The van der Waals surface area contributed by atoms with Gasteiger partial charge in [0.25, 0.3) is 0 Å². The van der Waals surface area contributed by atoms with Crippen LogP contribution in [-0.2, 0) is 6.54 Å². The first-order chi connectivity index (χ1) is 9.76. The maximum absolute atomic E-state index is 5.74. The van der Waals surface area contributed by atoms with E-state index in [2.05, 4.69) is 15.3 Å². The molecule has 0 saturated heterocycles. The summed E-state index contributed by atoms with van der Waals surface area (Å²) in [6.07, 6.45) is 1.44. The highest BCUT2D eigenvalue weighted by atomic mass is 16.5. The number of rotatable bonds is 6. The van der Waals surface area contributed by atoms with E-state index in [1.165, 1.54) is 6.33 Å². The fraction of sp³-hybridized carbons (Fsp3) is 0.286. The van der Waals surface area contributed by atoms with Gasteiger partial charge in [-0.15, -0.1) is 0 Å². The Balaban J connectivity index is 2.20. The largest absolute Gasteiger partial charge is 0.494 e. The summed E-state index contributed by atoms with van der Waals surface area (Å²) in [6.45, 7) is 2.97. The lowest BCUT2D eigenvalue weighted by Crippen LogP contribution is -2.03. The van der Waals surface area contributed by atoms with E-state index in [0.29, 0.717) is 24.8 Å². The number of nitrogens with two attached hydrogens (primary N) is 1. The normalized spacial score (nSPS) is 10.2. The first kappa shape index (κ1) is 14.1. The molecule has 0 amide bonds. The van der Waals surface area contributed by atoms with E-state index in [1.807, 2.05) is 25.1 Å². The summed E-state index contributed by atoms with van der Waals surface area (Å²) in [4.78, 5) is 8.09. The number of hydrogen-bond donors (Lipinski definition) is 2. The van der Waals surface area contributed by atoms with Crippen LogP contribution in [0.3, 0.4) is 0 Å². The minimum atomic E-state index is 0.415. The maximum atomic E-state index is 5.74. The summed E-state index contributed by atoms with van der Waals surface area (Å²) in [5.41, 5.74) is 7.56. The molecule has 0 aliphatic carbocycles. The molecule has 0 radical (unpaired) electrons. The topological polar surface area (TPSA) is 82.3 Å². The van der Waals surface area contributed by atoms with E-state index in [4.69, 9.17) is 15.2 Å². The van der Waals surface area contributed by atoms with Crippen molar-refractivity contribution in [2.24, 2.45) is 5.73 Å². The summed E-state index contributed by atoms with van der Waals surface area (Å²) >= 11 is 0. The van der Waals surface area contributed by atoms with Crippen molar-refractivity contribution in [2.75, 3.05) is 19.0 Å². The predicted molar refractivity (Wildman–Crippen MR) is 77.4 cm³/mol. The van der Waals surface area contributed by atoms with Crippen molar-refractivity contribution >= 4 is 11.5 Å². The van der Waals surface area contributed by atoms with Crippen LogP contribution in [0.4, 0.5) is 11.5 Å². The number of benzene rings is 1. The molecule has 0 unspecified atom stereocenters. The summed E-state index contributed by atoms with van der Waals surface area (Å²) < 4.78 is 10.6. The molecule has 0 bridgehead atoms. The molecule has 1 aromatic carbocycles. The Hall–Kier alpha value is -2.34. The SMILES string of the molecule is CCOc1ccc(Nc2cc(OC)ncn2)cc1CN. The standard InChI is InChI=1S/C14H18N4O2/c1-3-20-12-5-4-11(6-10(12)8-15)18-13-7-14(19-2)17-9-16-13/h4-7,9H,3,8,15H2,1-2H3,(H,16,17,18). The van der Waals surface area contributed by atoms with E-state index < -0.39 is 0 Å². The zero-order valence-electron chi connectivity index (χ0n) is 11.6. The van der Waals surface area contributed by atoms with Crippen LogP contribution >= 0.6 is 0 Å². The van der Waals surface area contributed by atoms with Gasteiger partial charge in [-0.25, -0.2) is 9.97 Å². The number of methoxy groups -OCH3 is 1. The Morgan fingerprint density at radius 3 is 2.80 bits per heavy atom. The highest BCUT2D eigenvalue weighted by molar-refractivity contribution is 5.59. The van der Waals surface area contributed by atoms with Gasteiger partial charge in [-0.1, -0.05) is 0 Å². The van der Waals surface area contributed by atoms with E-state index in [-0.39, 0.29) is 0 Å². The molecule has 0 atom stereocenters. The Kier molecular flexibility index (Phi) is 4.73. The molecule has 6 heteroatoms. The lowest BCUT2D eigenvalue weighted by molar-refractivity contribution is 0.336. The van der Waals surface area contributed by atoms with Gasteiger partial charge in [-0.2, -0.15) is 0 Å². The van der Waals surface area contributed by atoms with Crippen molar-refractivity contribution in [1.82, 2.24) is 9.97 Å². The quantitative estimate of drug-likeness (QED) is 0.839. The molecule has 0 saturated carbocycles. The zero-order chi connectivity index (χ0) is 14.4. The van der Waals surface area contributed by atoms with Crippen molar-refractivity contribution in [3.8, 4) is 11.6 Å². The van der Waals surface area contributed by atoms with Crippen molar-refractivity contribution in [2.45, 2.75) is 13.5 Å². The van der Waals surface area contributed by atoms with Gasteiger partial charge >= 0.3 is 0 Å². The smallest absolute Gasteiger partial charge is 0.218 e. The van der Waals surface area contributed by atoms with Crippen molar-refractivity contribution in [3.05, 3.63) is 36.2 Å². The van der Waals surface area contributed by atoms with Crippen molar-refractivity contribution < 1.29 is 9.47 Å². The summed E-state index contributed by atoms with van der Waals surface area (Å²) in [6, 6.07) is 7.48. The molecule has 20 heavy (non-hydrogen) atoms. The molecule has 0 spiro atoms. The average Bonchev–Trinajstić information content (AvgIpc) is 2.49. The fourth-order valence-electron chi connectivity index (χ4n) is 1.78. The van der Waals surface area contributed by atoms with Crippen LogP contribution in [0.25, 0.3) is 0 Å². The van der Waals surface area contributed by atoms with Gasteiger partial charge < -0.3 is 20.5 Å². The molecular formula is C14H18N4O2. The molecule has 0 fully saturated rings. The third-order valence-electron chi connectivity index (χ3n) is 2.70. The highest BCUT2D eigenvalue weighted by Gasteiger charge is 2.05. The van der Waals surface area contributed by atoms with Gasteiger partial charge in [0.2, 0.25) is 5.88 Å². The minimum absolute atomic E-state index is 0.415. The van der Waals surface area contributed by atoms with Crippen LogP contribution in [0.15, 0.2) is 30.6 Å². The second-order valence-corrected chi connectivity index (χ2v) is 4.03. The summed E-state index contributed by atoms with van der Waals surface area (Å²) in [5, 5.41) is 3.18. The van der Waals surface area contributed by atoms with E-state index in [9.17, 15) is 0 Å². The van der Waals surface area contributed by atoms with Gasteiger partial charge in [-0.3, -0.25) is 0 Å². The summed E-state index contributed by atoms with van der Waals surface area (Å²) in [5.74, 6) is 1.97. The molecule has 106 valence electrons. The lowest BCUT2D eigenvalue weighted by atomic mass is 10.1. The van der Waals surface area contributed by atoms with E-state index in [0.717, 1.165) is 17.0 Å². The van der Waals surface area contributed by atoms with Crippen LogP contribution in [0.5, 0.6) is 11.6 Å². The molecule has 1 heterocycles. The van der Waals surface area contributed by atoms with Gasteiger partial charge in [0, 0.05) is 23.9 Å². The second kappa shape index (κ2) is 6.72. The molecule has 2 rings (SSSR count). The molecule has 0 aliphatic rings. The monoisotopic (exact) mass is 274 g/mol. The number of anilines is 2. The molecule has 2 aromatic rings. The van der Waals surface area contributed by atoms with Gasteiger partial charge in [0.1, 0.15) is 17.9 Å². The molecule has 3 N–H and O–H groups in total. The fourth-order valence-corrected chi connectivity index (χ4v) is 1.78. The van der Waals surface area contributed by atoms with Gasteiger partial charge in [-0.05, 0) is 25.1 Å². The van der Waals surface area contributed by atoms with E-state index in [1.54, 1.807) is 13.2 Å². The highest BCUT2D eigenvalue weighted by Crippen LogP contribution is 2.25. The van der Waals surface area contributed by atoms with Crippen molar-refractivity contribution in [3.63, 3.8) is 0 Å². The molecule has 1 aromatic heterocycles. The third kappa shape index (κ3) is 3.36. The number of hydrogen-bond acceptors (Lipinski definition) is 6. The van der Waals surface area contributed by atoms with Gasteiger partial charge in [0.15, 0.2) is 0 Å². The van der Waals surface area contributed by atoms with Crippen LogP contribution in [-0.4, -0.2) is 23.7 Å². The Morgan fingerprint density at radius 1 is 1.25 bits per heavy atom. The van der Waals surface area contributed by atoms with Crippen LogP contribution < -0.4 is 20.5 Å². The van der Waals surface area contributed by atoms with Crippen LogP contribution in [0, 0.1) is 0 Å². The number of ether oxygens (including phenoxy) is 2. The minimum Gasteiger partial charge on any atom is -0.494 e. The second-order valence-electron chi connectivity index (χ2n) is 4.03. The Morgan fingerprint density at radius 2 is 2.10 bits per heavy atom. The number of nitrogens with zero attached hydrogens (tertiary/aromatic N) is 2. The average molecular weight is 274 g/mol. The van der Waals surface area contributed by atoms with Crippen LogP contribution in [0.2, 0.25) is 0 Å². The Bertz CT molecular complexity index is 575. The van der Waals surface area contributed by atoms with Gasteiger partial charge in [0.05, 0.1) is 13.7 Å². The van der Waals surface area contributed by atoms with Crippen LogP contribution in [0.1, 0.15) is 12.5 Å².